The summed E-state index contributed by atoms with van der Waals surface area (Å²) in [6, 6.07) is 20.8. The van der Waals surface area contributed by atoms with Crippen molar-refractivity contribution in [2.45, 2.75) is 77.0 Å². The second-order valence-corrected chi connectivity index (χ2v) is 13.5. The molecule has 0 unspecified atom stereocenters. The molecule has 0 aromatic heterocycles. The quantitative estimate of drug-likeness (QED) is 0.245. The zero-order valence-corrected chi connectivity index (χ0v) is 27.4. The van der Waals surface area contributed by atoms with Gasteiger partial charge < -0.3 is 24.2 Å². The minimum atomic E-state index is -0.321. The smallest absolute Gasteiger partial charge is 0.232 e. The molecule has 1 saturated heterocycles. The van der Waals surface area contributed by atoms with E-state index in [9.17, 15) is 4.79 Å². The van der Waals surface area contributed by atoms with Crippen LogP contribution in [0.4, 0.5) is 11.4 Å². The summed E-state index contributed by atoms with van der Waals surface area (Å²) < 4.78 is 11.8. The van der Waals surface area contributed by atoms with E-state index >= 15 is 0 Å². The second kappa shape index (κ2) is 13.4. The normalized spacial score (nSPS) is 22.3. The Hall–Kier alpha value is -3.22. The number of rotatable bonds is 9. The molecule has 2 fully saturated rings. The van der Waals surface area contributed by atoms with E-state index in [-0.39, 0.29) is 18.1 Å². The lowest BCUT2D eigenvalue weighted by Crippen LogP contribution is -2.41. The summed E-state index contributed by atoms with van der Waals surface area (Å²) >= 11 is 6.28. The van der Waals surface area contributed by atoms with Crippen molar-refractivity contribution < 1.29 is 14.3 Å². The van der Waals surface area contributed by atoms with Crippen LogP contribution in [-0.4, -0.2) is 56.7 Å². The lowest BCUT2D eigenvalue weighted by atomic mass is 9.85. The molecule has 0 bridgehead atoms. The van der Waals surface area contributed by atoms with Crippen molar-refractivity contribution in [1.29, 1.82) is 0 Å². The third kappa shape index (κ3) is 6.57. The molecule has 3 aliphatic rings. The van der Waals surface area contributed by atoms with Gasteiger partial charge in [-0.25, -0.2) is 0 Å². The number of nitrogens with zero attached hydrogens (tertiary/aromatic N) is 3. The molecule has 6 rings (SSSR count). The first-order valence-corrected chi connectivity index (χ1v) is 16.7. The molecule has 2 heterocycles. The molecule has 3 aromatic rings. The summed E-state index contributed by atoms with van der Waals surface area (Å²) in [5.41, 5.74) is 5.05. The summed E-state index contributed by atoms with van der Waals surface area (Å²) in [6.07, 6.45) is 8.30. The molecule has 1 aliphatic carbocycles. The summed E-state index contributed by atoms with van der Waals surface area (Å²) in [6.45, 7) is 7.67. The Kier molecular flexibility index (Phi) is 9.39. The minimum absolute atomic E-state index is 0.0121. The van der Waals surface area contributed by atoms with Crippen molar-refractivity contribution in [3.8, 4) is 11.5 Å². The highest BCUT2D eigenvalue weighted by Crippen LogP contribution is 2.44. The average Bonchev–Trinajstić information content (AvgIpc) is 3.56. The Morgan fingerprint density at radius 1 is 0.932 bits per heavy atom. The second-order valence-electron chi connectivity index (χ2n) is 13.1. The van der Waals surface area contributed by atoms with Crippen LogP contribution >= 0.6 is 11.6 Å². The van der Waals surface area contributed by atoms with E-state index in [1.54, 1.807) is 7.11 Å². The molecule has 3 aromatic carbocycles. The standard InChI is InChI=1S/C37H46ClN3O3/c1-25(2)44-35-23-33-28(21-34(35)43-4)22-36(42)41(37(33)27-9-11-29(38)12-10-27)32-17-15-30(16-18-32)39(3)24-26-7-13-31(14-8-26)40-19-5-6-20-40/h9-12,15-18,21,23,25-26,31,37H,5-8,13-14,19-20,22,24H2,1-4H3/t26?,31?,37-/m0/s1. The van der Waals surface area contributed by atoms with Gasteiger partial charge in [0.05, 0.1) is 25.7 Å². The monoisotopic (exact) mass is 615 g/mol. The van der Waals surface area contributed by atoms with Crippen LogP contribution in [0, 0.1) is 5.92 Å². The Labute approximate surface area is 267 Å². The van der Waals surface area contributed by atoms with Crippen molar-refractivity contribution in [3.05, 3.63) is 82.4 Å². The Bertz CT molecular complexity index is 1430. The number of anilines is 2. The lowest BCUT2D eigenvalue weighted by Gasteiger charge is -2.38. The van der Waals surface area contributed by atoms with Gasteiger partial charge in [0.2, 0.25) is 5.91 Å². The number of ether oxygens (including phenoxy) is 2. The van der Waals surface area contributed by atoms with Gasteiger partial charge in [0, 0.05) is 36.0 Å². The number of carbonyl (C=O) groups excluding carboxylic acids is 1. The maximum Gasteiger partial charge on any atom is 0.232 e. The molecular formula is C37H46ClN3O3. The first-order chi connectivity index (χ1) is 21.3. The number of methoxy groups -OCH3 is 1. The maximum atomic E-state index is 13.9. The topological polar surface area (TPSA) is 45.3 Å². The van der Waals surface area contributed by atoms with Gasteiger partial charge in [-0.3, -0.25) is 4.79 Å². The third-order valence-corrected chi connectivity index (χ3v) is 9.96. The fourth-order valence-electron chi connectivity index (χ4n) is 7.49. The lowest BCUT2D eigenvalue weighted by molar-refractivity contribution is -0.118. The molecule has 0 spiro atoms. The molecule has 7 heteroatoms. The molecular weight excluding hydrogens is 570 g/mol. The number of likely N-dealkylation sites (tertiary alicyclic amines) is 1. The molecule has 234 valence electrons. The van der Waals surface area contributed by atoms with Gasteiger partial charge in [-0.1, -0.05) is 23.7 Å². The average molecular weight is 616 g/mol. The van der Waals surface area contributed by atoms with E-state index in [0.717, 1.165) is 40.9 Å². The van der Waals surface area contributed by atoms with Crippen LogP contribution in [0.3, 0.4) is 0 Å². The molecule has 0 N–H and O–H groups in total. The number of hydrogen-bond acceptors (Lipinski definition) is 5. The van der Waals surface area contributed by atoms with Crippen LogP contribution in [0.1, 0.15) is 75.1 Å². The van der Waals surface area contributed by atoms with E-state index in [1.165, 1.54) is 57.3 Å². The highest BCUT2D eigenvalue weighted by molar-refractivity contribution is 6.30. The number of fused-ring (bicyclic) bond motifs is 1. The van der Waals surface area contributed by atoms with Gasteiger partial charge >= 0.3 is 0 Å². The summed E-state index contributed by atoms with van der Waals surface area (Å²) in [4.78, 5) is 20.9. The molecule has 6 nitrogen and oxygen atoms in total. The van der Waals surface area contributed by atoms with Crippen LogP contribution in [0.5, 0.6) is 11.5 Å². The molecule has 0 radical (unpaired) electrons. The number of carbonyl (C=O) groups is 1. The number of amides is 1. The van der Waals surface area contributed by atoms with E-state index in [4.69, 9.17) is 21.1 Å². The number of hydrogen-bond donors (Lipinski definition) is 0. The van der Waals surface area contributed by atoms with Crippen LogP contribution in [0.2, 0.25) is 5.02 Å². The fraction of sp³-hybridized carbons (Fsp3) is 0.486. The molecule has 1 amide bonds. The van der Waals surface area contributed by atoms with Gasteiger partial charge in [0.25, 0.3) is 0 Å². The van der Waals surface area contributed by atoms with E-state index in [0.29, 0.717) is 22.9 Å². The van der Waals surface area contributed by atoms with Crippen molar-refractivity contribution >= 4 is 28.9 Å². The van der Waals surface area contributed by atoms with Crippen LogP contribution < -0.4 is 19.3 Å². The zero-order chi connectivity index (χ0) is 30.8. The zero-order valence-electron chi connectivity index (χ0n) is 26.6. The van der Waals surface area contributed by atoms with E-state index in [2.05, 4.69) is 41.1 Å². The molecule has 2 aliphatic heterocycles. The van der Waals surface area contributed by atoms with Gasteiger partial charge in [-0.05, 0) is 137 Å². The SMILES string of the molecule is COc1cc2c(cc1OC(C)C)[C@H](c1ccc(Cl)cc1)N(c1ccc(N(C)CC3CCC(N4CCCC4)CC3)cc1)C(=O)C2. The summed E-state index contributed by atoms with van der Waals surface area (Å²) in [5.74, 6) is 2.10. The van der Waals surface area contributed by atoms with E-state index in [1.807, 2.05) is 55.1 Å². The predicted molar refractivity (Wildman–Crippen MR) is 180 cm³/mol. The van der Waals surface area contributed by atoms with Gasteiger partial charge in [-0.2, -0.15) is 0 Å². The van der Waals surface area contributed by atoms with Gasteiger partial charge in [0.1, 0.15) is 0 Å². The third-order valence-electron chi connectivity index (χ3n) is 9.71. The van der Waals surface area contributed by atoms with Crippen LogP contribution in [0.15, 0.2) is 60.7 Å². The molecule has 1 atom stereocenters. The first-order valence-electron chi connectivity index (χ1n) is 16.3. The van der Waals surface area contributed by atoms with Crippen molar-refractivity contribution in [3.63, 3.8) is 0 Å². The molecule has 1 saturated carbocycles. The largest absolute Gasteiger partial charge is 0.493 e. The van der Waals surface area contributed by atoms with Gasteiger partial charge in [0.15, 0.2) is 11.5 Å². The Morgan fingerprint density at radius 2 is 1.61 bits per heavy atom. The number of halogens is 1. The maximum absolute atomic E-state index is 13.9. The van der Waals surface area contributed by atoms with Gasteiger partial charge in [-0.15, -0.1) is 0 Å². The fourth-order valence-corrected chi connectivity index (χ4v) is 7.61. The van der Waals surface area contributed by atoms with Crippen LogP contribution in [-0.2, 0) is 11.2 Å². The van der Waals surface area contributed by atoms with Crippen LogP contribution in [0.25, 0.3) is 0 Å². The minimum Gasteiger partial charge on any atom is -0.493 e. The summed E-state index contributed by atoms with van der Waals surface area (Å²) in [5, 5.41) is 0.665. The van der Waals surface area contributed by atoms with Crippen molar-refractivity contribution in [2.24, 2.45) is 5.92 Å². The summed E-state index contributed by atoms with van der Waals surface area (Å²) in [7, 11) is 3.84. The number of benzene rings is 3. The predicted octanol–water partition coefficient (Wildman–Crippen LogP) is 7.91. The van der Waals surface area contributed by atoms with Crippen molar-refractivity contribution in [2.75, 3.05) is 43.6 Å². The molecule has 44 heavy (non-hydrogen) atoms. The highest BCUT2D eigenvalue weighted by Gasteiger charge is 2.36. The highest BCUT2D eigenvalue weighted by atomic mass is 35.5. The Balaban J connectivity index is 1.24. The first kappa shape index (κ1) is 30.8. The van der Waals surface area contributed by atoms with E-state index < -0.39 is 0 Å². The Morgan fingerprint density at radius 3 is 2.25 bits per heavy atom. The van der Waals surface area contributed by atoms with Crippen molar-refractivity contribution in [1.82, 2.24) is 4.90 Å².